The highest BCUT2D eigenvalue weighted by Gasteiger charge is 2.30. The smallest absolute Gasteiger partial charge is 0.222 e. The zero-order chi connectivity index (χ0) is 15.2. The normalized spacial score (nSPS) is 23.7. The standard InChI is InChI=1S/C18H26N2O/c1-4-18(21)19-13-15(2)20(16(3)14-19)12-8-11-17-9-6-5-7-10-17/h5-11,15-16H,4,12-14H2,1-3H3/b11-8+/t15-,16+. The Labute approximate surface area is 128 Å². The number of nitrogens with zero attached hydrogens (tertiary/aromatic N) is 2. The molecule has 0 bridgehead atoms. The Kier molecular flexibility index (Phi) is 5.57. The predicted molar refractivity (Wildman–Crippen MR) is 88.0 cm³/mol. The van der Waals surface area contributed by atoms with Crippen molar-refractivity contribution in [2.75, 3.05) is 19.6 Å². The summed E-state index contributed by atoms with van der Waals surface area (Å²) < 4.78 is 0. The molecular weight excluding hydrogens is 260 g/mol. The molecule has 3 nitrogen and oxygen atoms in total. The maximum absolute atomic E-state index is 11.9. The van der Waals surface area contributed by atoms with E-state index in [0.717, 1.165) is 19.6 Å². The van der Waals surface area contributed by atoms with Crippen LogP contribution in [0.1, 0.15) is 32.8 Å². The number of carbonyl (C=O) groups excluding carboxylic acids is 1. The summed E-state index contributed by atoms with van der Waals surface area (Å²) in [4.78, 5) is 16.3. The second-order valence-corrected chi connectivity index (χ2v) is 5.86. The summed E-state index contributed by atoms with van der Waals surface area (Å²) in [5.74, 6) is 0.271. The third-order valence-electron chi connectivity index (χ3n) is 4.18. The van der Waals surface area contributed by atoms with E-state index < -0.39 is 0 Å². The van der Waals surface area contributed by atoms with Crippen molar-refractivity contribution in [2.24, 2.45) is 0 Å². The highest BCUT2D eigenvalue weighted by Crippen LogP contribution is 2.16. The van der Waals surface area contributed by atoms with Crippen molar-refractivity contribution in [1.29, 1.82) is 0 Å². The molecule has 0 spiro atoms. The molecular formula is C18H26N2O. The first-order valence-corrected chi connectivity index (χ1v) is 7.87. The quantitative estimate of drug-likeness (QED) is 0.849. The van der Waals surface area contributed by atoms with Gasteiger partial charge in [-0.05, 0) is 19.4 Å². The Bertz CT molecular complexity index is 471. The molecule has 1 amide bonds. The molecule has 1 saturated heterocycles. The van der Waals surface area contributed by atoms with Crippen molar-refractivity contribution in [3.8, 4) is 0 Å². The van der Waals surface area contributed by atoms with Crippen LogP contribution in [0.3, 0.4) is 0 Å². The predicted octanol–water partition coefficient (Wildman–Crippen LogP) is 3.03. The third-order valence-corrected chi connectivity index (χ3v) is 4.18. The number of amides is 1. The first-order chi connectivity index (χ1) is 10.1. The first-order valence-electron chi connectivity index (χ1n) is 7.87. The van der Waals surface area contributed by atoms with Gasteiger partial charge in [0, 0.05) is 38.1 Å². The van der Waals surface area contributed by atoms with Crippen molar-refractivity contribution in [3.05, 3.63) is 42.0 Å². The van der Waals surface area contributed by atoms with E-state index in [2.05, 4.69) is 55.2 Å². The van der Waals surface area contributed by atoms with E-state index in [1.54, 1.807) is 0 Å². The van der Waals surface area contributed by atoms with Crippen LogP contribution in [0.25, 0.3) is 6.08 Å². The van der Waals surface area contributed by atoms with Crippen molar-refractivity contribution < 1.29 is 4.79 Å². The van der Waals surface area contributed by atoms with Gasteiger partial charge in [-0.25, -0.2) is 0 Å². The van der Waals surface area contributed by atoms with Crippen molar-refractivity contribution in [2.45, 2.75) is 39.3 Å². The van der Waals surface area contributed by atoms with Gasteiger partial charge < -0.3 is 4.90 Å². The zero-order valence-electron chi connectivity index (χ0n) is 13.3. The van der Waals surface area contributed by atoms with Gasteiger partial charge in [0.25, 0.3) is 0 Å². The van der Waals surface area contributed by atoms with Gasteiger partial charge in [0.05, 0.1) is 0 Å². The van der Waals surface area contributed by atoms with E-state index in [9.17, 15) is 4.79 Å². The van der Waals surface area contributed by atoms with E-state index in [0.29, 0.717) is 18.5 Å². The molecule has 1 aliphatic rings. The average molecular weight is 286 g/mol. The second kappa shape index (κ2) is 7.41. The van der Waals surface area contributed by atoms with Gasteiger partial charge in [0.1, 0.15) is 0 Å². The van der Waals surface area contributed by atoms with Crippen LogP contribution in [-0.4, -0.2) is 47.4 Å². The van der Waals surface area contributed by atoms with Gasteiger partial charge in [-0.1, -0.05) is 49.4 Å². The van der Waals surface area contributed by atoms with Crippen molar-refractivity contribution in [1.82, 2.24) is 9.80 Å². The fourth-order valence-corrected chi connectivity index (χ4v) is 3.02. The van der Waals surface area contributed by atoms with Gasteiger partial charge in [-0.2, -0.15) is 0 Å². The van der Waals surface area contributed by atoms with Gasteiger partial charge in [0.2, 0.25) is 5.91 Å². The Morgan fingerprint density at radius 3 is 2.38 bits per heavy atom. The second-order valence-electron chi connectivity index (χ2n) is 5.86. The average Bonchev–Trinajstić information content (AvgIpc) is 2.50. The molecule has 1 aliphatic heterocycles. The Hall–Kier alpha value is -1.61. The molecule has 1 heterocycles. The molecule has 114 valence electrons. The molecule has 21 heavy (non-hydrogen) atoms. The Morgan fingerprint density at radius 1 is 1.19 bits per heavy atom. The summed E-state index contributed by atoms with van der Waals surface area (Å²) >= 11 is 0. The van der Waals surface area contributed by atoms with Crippen molar-refractivity contribution in [3.63, 3.8) is 0 Å². The van der Waals surface area contributed by atoms with Gasteiger partial charge in [-0.15, -0.1) is 0 Å². The van der Waals surface area contributed by atoms with E-state index in [1.807, 2.05) is 17.9 Å². The molecule has 1 aromatic rings. The molecule has 0 aliphatic carbocycles. The van der Waals surface area contributed by atoms with Crippen LogP contribution >= 0.6 is 0 Å². The Balaban J connectivity index is 1.92. The van der Waals surface area contributed by atoms with Crippen LogP contribution < -0.4 is 0 Å². The van der Waals surface area contributed by atoms with Crippen LogP contribution in [0.2, 0.25) is 0 Å². The first kappa shape index (κ1) is 15.8. The molecule has 0 aromatic heterocycles. The van der Waals surface area contributed by atoms with E-state index in [-0.39, 0.29) is 5.91 Å². The monoisotopic (exact) mass is 286 g/mol. The molecule has 2 atom stereocenters. The van der Waals surface area contributed by atoms with Crippen LogP contribution in [0, 0.1) is 0 Å². The van der Waals surface area contributed by atoms with E-state index >= 15 is 0 Å². The number of hydrogen-bond acceptors (Lipinski definition) is 2. The van der Waals surface area contributed by atoms with Crippen LogP contribution in [0.15, 0.2) is 36.4 Å². The minimum Gasteiger partial charge on any atom is -0.340 e. The van der Waals surface area contributed by atoms with E-state index in [4.69, 9.17) is 0 Å². The summed E-state index contributed by atoms with van der Waals surface area (Å²) in [7, 11) is 0. The molecule has 1 fully saturated rings. The summed E-state index contributed by atoms with van der Waals surface area (Å²) in [6.45, 7) is 8.98. The lowest BCUT2D eigenvalue weighted by Gasteiger charge is -2.44. The molecule has 0 N–H and O–H groups in total. The van der Waals surface area contributed by atoms with Gasteiger partial charge in [-0.3, -0.25) is 9.69 Å². The fraction of sp³-hybridized carbons (Fsp3) is 0.500. The van der Waals surface area contributed by atoms with Crippen LogP contribution in [0.5, 0.6) is 0 Å². The number of piperazine rings is 1. The lowest BCUT2D eigenvalue weighted by molar-refractivity contribution is -0.135. The van der Waals surface area contributed by atoms with Gasteiger partial charge >= 0.3 is 0 Å². The lowest BCUT2D eigenvalue weighted by atomic mass is 10.1. The fourth-order valence-electron chi connectivity index (χ4n) is 3.02. The SMILES string of the molecule is CCC(=O)N1C[C@@H](C)N(C/C=C/c2ccccc2)[C@@H](C)C1. The molecule has 0 unspecified atom stereocenters. The Morgan fingerprint density at radius 2 is 1.81 bits per heavy atom. The highest BCUT2D eigenvalue weighted by atomic mass is 16.2. The molecule has 0 saturated carbocycles. The minimum atomic E-state index is 0.271. The summed E-state index contributed by atoms with van der Waals surface area (Å²) in [5.41, 5.74) is 1.23. The highest BCUT2D eigenvalue weighted by molar-refractivity contribution is 5.76. The molecule has 1 aromatic carbocycles. The summed E-state index contributed by atoms with van der Waals surface area (Å²) in [6, 6.07) is 11.2. The molecule has 0 radical (unpaired) electrons. The van der Waals surface area contributed by atoms with Gasteiger partial charge in [0.15, 0.2) is 0 Å². The summed E-state index contributed by atoms with van der Waals surface area (Å²) in [5, 5.41) is 0. The van der Waals surface area contributed by atoms with Crippen molar-refractivity contribution >= 4 is 12.0 Å². The maximum Gasteiger partial charge on any atom is 0.222 e. The van der Waals surface area contributed by atoms with Crippen LogP contribution in [0.4, 0.5) is 0 Å². The zero-order valence-corrected chi connectivity index (χ0v) is 13.3. The van der Waals surface area contributed by atoms with Crippen LogP contribution in [-0.2, 0) is 4.79 Å². The summed E-state index contributed by atoms with van der Waals surface area (Å²) in [6.07, 6.45) is 5.00. The number of rotatable bonds is 4. The maximum atomic E-state index is 11.9. The number of hydrogen-bond donors (Lipinski definition) is 0. The number of benzene rings is 1. The lowest BCUT2D eigenvalue weighted by Crippen LogP contribution is -2.57. The largest absolute Gasteiger partial charge is 0.340 e. The van der Waals surface area contributed by atoms with E-state index in [1.165, 1.54) is 5.56 Å². The topological polar surface area (TPSA) is 23.6 Å². The minimum absolute atomic E-state index is 0.271. The molecule has 3 heteroatoms. The number of carbonyl (C=O) groups is 1. The molecule has 2 rings (SSSR count). The third kappa shape index (κ3) is 4.18.